The molecule has 2 aromatic rings. The van der Waals surface area contributed by atoms with Gasteiger partial charge in [-0.25, -0.2) is 0 Å². The molecule has 0 aliphatic carbocycles. The van der Waals surface area contributed by atoms with Crippen molar-refractivity contribution in [3.63, 3.8) is 0 Å². The van der Waals surface area contributed by atoms with E-state index in [1.165, 1.54) is 11.1 Å². The Kier molecular flexibility index (Phi) is 3.50. The third-order valence-electron chi connectivity index (χ3n) is 3.99. The molecule has 20 heavy (non-hydrogen) atoms. The lowest BCUT2D eigenvalue weighted by Crippen LogP contribution is -2.49. The zero-order valence-electron chi connectivity index (χ0n) is 11.6. The van der Waals surface area contributed by atoms with E-state index in [0.717, 1.165) is 18.7 Å². The first-order chi connectivity index (χ1) is 9.74. The third-order valence-corrected chi connectivity index (χ3v) is 3.99. The minimum atomic E-state index is 0.222. The van der Waals surface area contributed by atoms with Gasteiger partial charge in [-0.15, -0.1) is 0 Å². The molecule has 0 bridgehead atoms. The molecule has 1 amide bonds. The highest BCUT2D eigenvalue weighted by molar-refractivity contribution is 5.80. The van der Waals surface area contributed by atoms with Crippen molar-refractivity contribution in [3.8, 4) is 0 Å². The Balaban J connectivity index is 1.58. The van der Waals surface area contributed by atoms with Gasteiger partial charge >= 0.3 is 0 Å². The predicted molar refractivity (Wildman–Crippen MR) is 78.4 cm³/mol. The van der Waals surface area contributed by atoms with Crippen LogP contribution in [0.3, 0.4) is 0 Å². The highest BCUT2D eigenvalue weighted by Crippen LogP contribution is 2.27. The van der Waals surface area contributed by atoms with Crippen molar-refractivity contribution in [1.82, 2.24) is 9.88 Å². The van der Waals surface area contributed by atoms with Crippen LogP contribution in [0.25, 0.3) is 0 Å². The predicted octanol–water partition coefficient (Wildman–Crippen LogP) is 2.56. The van der Waals surface area contributed by atoms with Crippen LogP contribution in [0.15, 0.2) is 48.8 Å². The molecule has 1 saturated heterocycles. The van der Waals surface area contributed by atoms with Crippen molar-refractivity contribution in [1.29, 1.82) is 0 Å². The minimum absolute atomic E-state index is 0.222. The number of hydrogen-bond donors (Lipinski definition) is 0. The monoisotopic (exact) mass is 266 g/mol. The lowest BCUT2D eigenvalue weighted by Gasteiger charge is -2.39. The molecule has 3 rings (SSSR count). The van der Waals surface area contributed by atoms with Crippen molar-refractivity contribution >= 4 is 5.91 Å². The molecule has 0 atom stereocenters. The molecule has 1 aliphatic rings. The number of carbonyl (C=O) groups is 1. The van der Waals surface area contributed by atoms with E-state index in [9.17, 15) is 4.79 Å². The summed E-state index contributed by atoms with van der Waals surface area (Å²) in [7, 11) is 0. The van der Waals surface area contributed by atoms with Crippen LogP contribution in [0.1, 0.15) is 22.6 Å². The number of aromatic nitrogens is 1. The molecule has 3 nitrogen and oxygen atoms in total. The molecule has 0 saturated carbocycles. The highest BCUT2D eigenvalue weighted by atomic mass is 16.2. The van der Waals surface area contributed by atoms with Gasteiger partial charge in [-0.05, 0) is 29.7 Å². The number of aryl methyl sites for hydroxylation is 1. The Hall–Kier alpha value is -2.16. The summed E-state index contributed by atoms with van der Waals surface area (Å²) in [5.41, 5.74) is 3.54. The number of carbonyl (C=O) groups excluding carboxylic acids is 1. The second-order valence-electron chi connectivity index (χ2n) is 5.39. The summed E-state index contributed by atoms with van der Waals surface area (Å²) in [6.45, 7) is 3.68. The minimum Gasteiger partial charge on any atom is -0.341 e. The van der Waals surface area contributed by atoms with Crippen LogP contribution < -0.4 is 0 Å². The van der Waals surface area contributed by atoms with E-state index in [-0.39, 0.29) is 5.91 Å². The molecular formula is C17H18N2O. The highest BCUT2D eigenvalue weighted by Gasteiger charge is 2.31. The van der Waals surface area contributed by atoms with Gasteiger partial charge in [-0.2, -0.15) is 0 Å². The molecule has 0 radical (unpaired) electrons. The standard InChI is InChI=1S/C17H18N2O/c1-13-5-2-3-6-14(13)9-17(20)19-11-16(12-19)15-7-4-8-18-10-15/h2-8,10,16H,9,11-12H2,1H3. The Morgan fingerprint density at radius 2 is 2.05 bits per heavy atom. The number of benzene rings is 1. The van der Waals surface area contributed by atoms with Gasteiger partial charge < -0.3 is 4.90 Å². The number of rotatable bonds is 3. The van der Waals surface area contributed by atoms with Gasteiger partial charge in [0.1, 0.15) is 0 Å². The zero-order valence-corrected chi connectivity index (χ0v) is 11.6. The van der Waals surface area contributed by atoms with Crippen LogP contribution in [0, 0.1) is 6.92 Å². The molecule has 0 N–H and O–H groups in total. The Morgan fingerprint density at radius 1 is 1.25 bits per heavy atom. The normalized spacial score (nSPS) is 14.9. The van der Waals surface area contributed by atoms with Gasteiger partial charge in [0, 0.05) is 31.4 Å². The third kappa shape index (κ3) is 2.57. The maximum Gasteiger partial charge on any atom is 0.227 e. The van der Waals surface area contributed by atoms with Gasteiger partial charge in [-0.3, -0.25) is 9.78 Å². The number of likely N-dealkylation sites (tertiary alicyclic amines) is 1. The van der Waals surface area contributed by atoms with Crippen LogP contribution >= 0.6 is 0 Å². The van der Waals surface area contributed by atoms with E-state index in [1.807, 2.05) is 35.4 Å². The molecule has 1 aliphatic heterocycles. The molecule has 1 aromatic carbocycles. The second-order valence-corrected chi connectivity index (χ2v) is 5.39. The molecule has 0 spiro atoms. The number of hydrogen-bond acceptors (Lipinski definition) is 2. The fourth-order valence-corrected chi connectivity index (χ4v) is 2.59. The first kappa shape index (κ1) is 12.9. The van der Waals surface area contributed by atoms with Gasteiger partial charge in [0.05, 0.1) is 6.42 Å². The maximum absolute atomic E-state index is 12.2. The fourth-order valence-electron chi connectivity index (χ4n) is 2.59. The molecule has 2 heterocycles. The fraction of sp³-hybridized carbons (Fsp3) is 0.294. The summed E-state index contributed by atoms with van der Waals surface area (Å²) in [6, 6.07) is 12.1. The average molecular weight is 266 g/mol. The van der Waals surface area contributed by atoms with Crippen molar-refractivity contribution in [2.75, 3.05) is 13.1 Å². The van der Waals surface area contributed by atoms with E-state index in [1.54, 1.807) is 6.20 Å². The Bertz CT molecular complexity index is 603. The van der Waals surface area contributed by atoms with Gasteiger partial charge in [-0.1, -0.05) is 30.3 Å². The largest absolute Gasteiger partial charge is 0.341 e. The van der Waals surface area contributed by atoms with Crippen LogP contribution in [0.2, 0.25) is 0 Å². The summed E-state index contributed by atoms with van der Waals surface area (Å²) in [4.78, 5) is 18.3. The SMILES string of the molecule is Cc1ccccc1CC(=O)N1CC(c2cccnc2)C1. The van der Waals surface area contributed by atoms with Crippen LogP contribution in [0.5, 0.6) is 0 Å². The smallest absolute Gasteiger partial charge is 0.227 e. The summed E-state index contributed by atoms with van der Waals surface area (Å²) < 4.78 is 0. The van der Waals surface area contributed by atoms with E-state index in [2.05, 4.69) is 24.0 Å². The quantitative estimate of drug-likeness (QED) is 0.855. The van der Waals surface area contributed by atoms with Crippen molar-refractivity contribution in [3.05, 3.63) is 65.5 Å². The number of amides is 1. The van der Waals surface area contributed by atoms with Crippen molar-refractivity contribution in [2.45, 2.75) is 19.3 Å². The van der Waals surface area contributed by atoms with Crippen molar-refractivity contribution < 1.29 is 4.79 Å². The van der Waals surface area contributed by atoms with Gasteiger partial charge in [0.2, 0.25) is 5.91 Å². The lowest BCUT2D eigenvalue weighted by molar-refractivity contribution is -0.134. The summed E-state index contributed by atoms with van der Waals surface area (Å²) in [5.74, 6) is 0.670. The molecule has 1 aromatic heterocycles. The van der Waals surface area contributed by atoms with Crippen molar-refractivity contribution in [2.24, 2.45) is 0 Å². The van der Waals surface area contributed by atoms with E-state index in [0.29, 0.717) is 12.3 Å². The van der Waals surface area contributed by atoms with Crippen LogP contribution in [0.4, 0.5) is 0 Å². The Labute approximate surface area is 119 Å². The molecule has 102 valence electrons. The molecular weight excluding hydrogens is 248 g/mol. The zero-order chi connectivity index (χ0) is 13.9. The summed E-state index contributed by atoms with van der Waals surface area (Å²) in [5, 5.41) is 0. The topological polar surface area (TPSA) is 33.2 Å². The first-order valence-corrected chi connectivity index (χ1v) is 6.96. The van der Waals surface area contributed by atoms with E-state index < -0.39 is 0 Å². The Morgan fingerprint density at radius 3 is 2.75 bits per heavy atom. The lowest BCUT2D eigenvalue weighted by atomic mass is 9.92. The number of nitrogens with zero attached hydrogens (tertiary/aromatic N) is 2. The second kappa shape index (κ2) is 5.45. The van der Waals surface area contributed by atoms with E-state index >= 15 is 0 Å². The van der Waals surface area contributed by atoms with E-state index in [4.69, 9.17) is 0 Å². The first-order valence-electron chi connectivity index (χ1n) is 6.96. The summed E-state index contributed by atoms with van der Waals surface area (Å²) >= 11 is 0. The number of pyridine rings is 1. The molecule has 3 heteroatoms. The molecule has 1 fully saturated rings. The van der Waals surface area contributed by atoms with Crippen LogP contribution in [-0.4, -0.2) is 28.9 Å². The van der Waals surface area contributed by atoms with Gasteiger partial charge in [0.25, 0.3) is 0 Å². The van der Waals surface area contributed by atoms with Crippen LogP contribution in [-0.2, 0) is 11.2 Å². The average Bonchev–Trinajstić information content (AvgIpc) is 2.41. The van der Waals surface area contributed by atoms with Gasteiger partial charge in [0.15, 0.2) is 0 Å². The maximum atomic E-state index is 12.2. The summed E-state index contributed by atoms with van der Waals surface area (Å²) in [6.07, 6.45) is 4.18. The molecule has 0 unspecified atom stereocenters.